The van der Waals surface area contributed by atoms with Crippen molar-refractivity contribution in [2.45, 2.75) is 37.8 Å². The van der Waals surface area contributed by atoms with Gasteiger partial charge in [0.2, 0.25) is 12.7 Å². The molecule has 2 heterocycles. The topological polar surface area (TPSA) is 96.7 Å². The number of thioether (sulfide) groups is 1. The van der Waals surface area contributed by atoms with Crippen LogP contribution in [0.15, 0.2) is 41.6 Å². The van der Waals surface area contributed by atoms with Gasteiger partial charge >= 0.3 is 0 Å². The van der Waals surface area contributed by atoms with Gasteiger partial charge in [0.05, 0.1) is 11.9 Å². The van der Waals surface area contributed by atoms with Crippen LogP contribution in [0.2, 0.25) is 0 Å². The van der Waals surface area contributed by atoms with E-state index in [0.29, 0.717) is 46.3 Å². The van der Waals surface area contributed by atoms with Crippen molar-refractivity contribution in [2.24, 2.45) is 7.05 Å². The number of ether oxygens (including phenoxy) is 4. The van der Waals surface area contributed by atoms with Gasteiger partial charge in [-0.15, -0.1) is 10.2 Å². The van der Waals surface area contributed by atoms with Crippen molar-refractivity contribution in [3.8, 4) is 23.0 Å². The van der Waals surface area contributed by atoms with Crippen LogP contribution in [0.4, 0.5) is 5.69 Å². The lowest BCUT2D eigenvalue weighted by atomic mass is 10.2. The van der Waals surface area contributed by atoms with Crippen LogP contribution in [0, 0.1) is 6.92 Å². The average Bonchev–Trinajstić information content (AvgIpc) is 3.40. The fourth-order valence-electron chi connectivity index (χ4n) is 3.15. The van der Waals surface area contributed by atoms with E-state index < -0.39 is 5.25 Å². The van der Waals surface area contributed by atoms with Gasteiger partial charge in [0.1, 0.15) is 6.61 Å². The van der Waals surface area contributed by atoms with Crippen LogP contribution in [0.1, 0.15) is 25.2 Å². The van der Waals surface area contributed by atoms with Gasteiger partial charge in [-0.05, 0) is 50.6 Å². The number of rotatable bonds is 9. The molecule has 0 fully saturated rings. The van der Waals surface area contributed by atoms with Crippen molar-refractivity contribution in [3.05, 3.63) is 47.8 Å². The first kappa shape index (κ1) is 22.8. The number of benzene rings is 2. The molecule has 10 heteroatoms. The highest BCUT2D eigenvalue weighted by Gasteiger charge is 2.21. The van der Waals surface area contributed by atoms with Crippen LogP contribution in [-0.4, -0.2) is 39.3 Å². The highest BCUT2D eigenvalue weighted by molar-refractivity contribution is 8.00. The van der Waals surface area contributed by atoms with Crippen molar-refractivity contribution in [2.75, 3.05) is 18.7 Å². The van der Waals surface area contributed by atoms with Crippen LogP contribution >= 0.6 is 11.8 Å². The van der Waals surface area contributed by atoms with Gasteiger partial charge in [-0.25, -0.2) is 0 Å². The van der Waals surface area contributed by atoms with Crippen LogP contribution in [0.25, 0.3) is 0 Å². The molecule has 1 unspecified atom stereocenters. The Kier molecular flexibility index (Phi) is 6.93. The molecule has 0 saturated heterocycles. The molecular formula is C23H26N4O5S. The molecule has 1 atom stereocenters. The minimum Gasteiger partial charge on any atom is -0.490 e. The largest absolute Gasteiger partial charge is 0.490 e. The van der Waals surface area contributed by atoms with Gasteiger partial charge in [-0.2, -0.15) is 0 Å². The fourth-order valence-corrected chi connectivity index (χ4v) is 3.98. The van der Waals surface area contributed by atoms with Crippen molar-refractivity contribution in [3.63, 3.8) is 0 Å². The summed E-state index contributed by atoms with van der Waals surface area (Å²) in [5, 5.41) is 11.6. The van der Waals surface area contributed by atoms with Crippen LogP contribution in [0.3, 0.4) is 0 Å². The highest BCUT2D eigenvalue weighted by Crippen LogP contribution is 2.34. The van der Waals surface area contributed by atoms with Gasteiger partial charge in [-0.3, -0.25) is 4.79 Å². The van der Waals surface area contributed by atoms with Gasteiger partial charge < -0.3 is 28.8 Å². The van der Waals surface area contributed by atoms with E-state index in [-0.39, 0.29) is 19.3 Å². The molecule has 1 aliphatic rings. The predicted octanol–water partition coefficient (Wildman–Crippen LogP) is 3.95. The highest BCUT2D eigenvalue weighted by atomic mass is 32.2. The Morgan fingerprint density at radius 2 is 1.97 bits per heavy atom. The maximum atomic E-state index is 12.7. The lowest BCUT2D eigenvalue weighted by molar-refractivity contribution is -0.115. The fraction of sp³-hybridized carbons (Fsp3) is 0.348. The average molecular weight is 471 g/mol. The molecule has 0 radical (unpaired) electrons. The SMILES string of the molecule is CCOc1cc(C)ccc1OCc1nnc(SC(C)C(=O)Nc2ccc3c(c2)OCO3)n1C. The number of fused-ring (bicyclic) bond motifs is 1. The first-order valence-electron chi connectivity index (χ1n) is 10.6. The number of aromatic nitrogens is 3. The Balaban J connectivity index is 1.36. The third-order valence-electron chi connectivity index (χ3n) is 4.97. The smallest absolute Gasteiger partial charge is 0.237 e. The number of hydrogen-bond donors (Lipinski definition) is 1. The zero-order valence-electron chi connectivity index (χ0n) is 19.0. The second-order valence-corrected chi connectivity index (χ2v) is 8.76. The summed E-state index contributed by atoms with van der Waals surface area (Å²) >= 11 is 1.32. The summed E-state index contributed by atoms with van der Waals surface area (Å²) in [5.41, 5.74) is 1.74. The number of carbonyl (C=O) groups is 1. The molecule has 0 aliphatic carbocycles. The molecule has 3 aromatic rings. The summed E-state index contributed by atoms with van der Waals surface area (Å²) in [6.07, 6.45) is 0. The Bertz CT molecular complexity index is 1150. The van der Waals surface area contributed by atoms with Crippen molar-refractivity contribution in [1.29, 1.82) is 0 Å². The molecule has 0 bridgehead atoms. The maximum Gasteiger partial charge on any atom is 0.237 e. The minimum absolute atomic E-state index is 0.152. The molecule has 0 saturated carbocycles. The van der Waals surface area contributed by atoms with Crippen LogP contribution in [-0.2, 0) is 18.4 Å². The standard InChI is InChI=1S/C23H26N4O5S/c1-5-29-19-10-14(2)6-8-17(19)30-12-21-25-26-23(27(21)4)33-15(3)22(28)24-16-7-9-18-20(11-16)32-13-31-18/h6-11,15H,5,12-13H2,1-4H3,(H,24,28). The normalized spacial score (nSPS) is 13.0. The van der Waals surface area contributed by atoms with Crippen LogP contribution in [0.5, 0.6) is 23.0 Å². The summed E-state index contributed by atoms with van der Waals surface area (Å²) in [4.78, 5) is 12.7. The molecule has 2 aromatic carbocycles. The molecule has 4 rings (SSSR count). The Morgan fingerprint density at radius 1 is 1.15 bits per heavy atom. The van der Waals surface area contributed by atoms with Crippen molar-refractivity contribution >= 4 is 23.4 Å². The van der Waals surface area contributed by atoms with E-state index in [1.54, 1.807) is 18.2 Å². The summed E-state index contributed by atoms with van der Waals surface area (Å²) < 4.78 is 24.1. The zero-order valence-corrected chi connectivity index (χ0v) is 19.8. The zero-order chi connectivity index (χ0) is 23.4. The number of nitrogens with zero attached hydrogens (tertiary/aromatic N) is 3. The molecular weight excluding hydrogens is 444 g/mol. The van der Waals surface area contributed by atoms with E-state index in [4.69, 9.17) is 18.9 Å². The maximum absolute atomic E-state index is 12.7. The van der Waals surface area contributed by atoms with E-state index in [2.05, 4.69) is 15.5 Å². The van der Waals surface area contributed by atoms with E-state index in [0.717, 1.165) is 5.56 Å². The Labute approximate surface area is 196 Å². The second kappa shape index (κ2) is 10.0. The summed E-state index contributed by atoms with van der Waals surface area (Å²) in [5.74, 6) is 3.12. The van der Waals surface area contributed by atoms with Crippen molar-refractivity contribution in [1.82, 2.24) is 14.8 Å². The molecule has 1 N–H and O–H groups in total. The molecule has 1 amide bonds. The lowest BCUT2D eigenvalue weighted by Gasteiger charge is -2.13. The van der Waals surface area contributed by atoms with Gasteiger partial charge in [-0.1, -0.05) is 17.8 Å². The number of anilines is 1. The summed E-state index contributed by atoms with van der Waals surface area (Å²) in [6.45, 7) is 6.72. The molecule has 33 heavy (non-hydrogen) atoms. The van der Waals surface area contributed by atoms with Crippen molar-refractivity contribution < 1.29 is 23.7 Å². The summed E-state index contributed by atoms with van der Waals surface area (Å²) in [6, 6.07) is 11.1. The van der Waals surface area contributed by atoms with E-state index in [9.17, 15) is 4.79 Å². The van der Waals surface area contributed by atoms with Gasteiger partial charge in [0.25, 0.3) is 0 Å². The first-order valence-corrected chi connectivity index (χ1v) is 11.4. The molecule has 1 aromatic heterocycles. The number of aryl methyl sites for hydroxylation is 1. The third kappa shape index (κ3) is 5.33. The monoisotopic (exact) mass is 470 g/mol. The molecule has 1 aliphatic heterocycles. The second-order valence-electron chi connectivity index (χ2n) is 7.45. The van der Waals surface area contributed by atoms with Gasteiger partial charge in [0, 0.05) is 18.8 Å². The number of hydrogen-bond acceptors (Lipinski definition) is 8. The van der Waals surface area contributed by atoms with E-state index >= 15 is 0 Å². The lowest BCUT2D eigenvalue weighted by Crippen LogP contribution is -2.22. The number of nitrogens with one attached hydrogen (secondary N) is 1. The van der Waals surface area contributed by atoms with E-state index in [1.165, 1.54) is 11.8 Å². The van der Waals surface area contributed by atoms with Gasteiger partial charge in [0.15, 0.2) is 34.0 Å². The molecule has 9 nitrogen and oxygen atoms in total. The predicted molar refractivity (Wildman–Crippen MR) is 124 cm³/mol. The summed E-state index contributed by atoms with van der Waals surface area (Å²) in [7, 11) is 1.85. The first-order chi connectivity index (χ1) is 15.9. The molecule has 174 valence electrons. The van der Waals surface area contributed by atoms with E-state index in [1.807, 2.05) is 50.6 Å². The Morgan fingerprint density at radius 3 is 2.79 bits per heavy atom. The van der Waals surface area contributed by atoms with Crippen LogP contribution < -0.4 is 24.3 Å². The third-order valence-corrected chi connectivity index (χ3v) is 6.11. The minimum atomic E-state index is -0.395. The number of amides is 1. The molecule has 0 spiro atoms. The Hall–Kier alpha value is -3.40. The number of carbonyl (C=O) groups excluding carboxylic acids is 1. The quantitative estimate of drug-likeness (QED) is 0.470.